The van der Waals surface area contributed by atoms with Crippen LogP contribution in [0, 0.1) is 0 Å². The second-order valence-electron chi connectivity index (χ2n) is 19.2. The van der Waals surface area contributed by atoms with Gasteiger partial charge in [-0.1, -0.05) is 194 Å². The van der Waals surface area contributed by atoms with Crippen LogP contribution < -0.4 is 9.80 Å². The third kappa shape index (κ3) is 6.20. The van der Waals surface area contributed by atoms with Crippen molar-refractivity contribution in [2.24, 2.45) is 0 Å². The smallest absolute Gasteiger partial charge is 0.0726 e. The minimum absolute atomic E-state index is 0.113. The average molecular weight is 946 g/mol. The molecule has 0 saturated carbocycles. The molecule has 2 aliphatic carbocycles. The maximum atomic E-state index is 9.80. The van der Waals surface area contributed by atoms with Gasteiger partial charge in [-0.2, -0.15) is 0 Å². The van der Waals surface area contributed by atoms with E-state index in [0.717, 1.165) is 66.7 Å². The van der Waals surface area contributed by atoms with Crippen LogP contribution in [-0.2, 0) is 5.41 Å². The number of hydrogen-bond acceptors (Lipinski definition) is 2. The summed E-state index contributed by atoms with van der Waals surface area (Å²) in [5, 5.41) is 3.96. The van der Waals surface area contributed by atoms with Crippen LogP contribution in [0.1, 0.15) is 27.7 Å². The number of hydrogen-bond donors (Lipinski definition) is 0. The molecule has 0 N–H and O–H groups in total. The normalized spacial score (nSPS) is 13.5. The Morgan fingerprint density at radius 3 is 1.45 bits per heavy atom. The Hall–Kier alpha value is -9.70. The van der Waals surface area contributed by atoms with Crippen molar-refractivity contribution < 1.29 is 5.48 Å². The lowest BCUT2D eigenvalue weighted by Crippen LogP contribution is -2.26. The van der Waals surface area contributed by atoms with E-state index in [1.54, 1.807) is 0 Å². The summed E-state index contributed by atoms with van der Waals surface area (Å²) in [6.07, 6.45) is 0. The summed E-state index contributed by atoms with van der Waals surface area (Å²) in [6.45, 7) is 0. The number of aromatic nitrogens is 1. The molecule has 15 rings (SSSR count). The lowest BCUT2D eigenvalue weighted by molar-refractivity contribution is 0.793. The van der Waals surface area contributed by atoms with Gasteiger partial charge in [0.05, 0.1) is 27.6 Å². The third-order valence-electron chi connectivity index (χ3n) is 15.4. The molecule has 0 saturated heterocycles. The number of nitrogens with zero attached hydrogens (tertiary/aromatic N) is 3. The highest BCUT2D eigenvalue weighted by molar-refractivity contribution is 6.12. The maximum Gasteiger partial charge on any atom is 0.0726 e. The molecule has 74 heavy (non-hydrogen) atoms. The quantitative estimate of drug-likeness (QED) is 0.150. The first-order valence-corrected chi connectivity index (χ1v) is 25.3. The van der Waals surface area contributed by atoms with Crippen LogP contribution in [0.15, 0.2) is 285 Å². The third-order valence-corrected chi connectivity index (χ3v) is 15.4. The van der Waals surface area contributed by atoms with Crippen molar-refractivity contribution in [1.29, 1.82) is 0 Å². The van der Waals surface area contributed by atoms with Gasteiger partial charge in [0, 0.05) is 50.3 Å². The molecule has 0 aliphatic heterocycles. The molecule has 0 unspecified atom stereocenters. The zero-order chi connectivity index (χ0) is 52.2. The van der Waals surface area contributed by atoms with Gasteiger partial charge in [-0.05, 0) is 152 Å². The van der Waals surface area contributed by atoms with E-state index in [1.807, 2.05) is 83.8 Å². The lowest BCUT2D eigenvalue weighted by atomic mass is 9.70. The highest BCUT2D eigenvalue weighted by Gasteiger charge is 2.51. The van der Waals surface area contributed by atoms with Gasteiger partial charge in [0.25, 0.3) is 0 Å². The fourth-order valence-corrected chi connectivity index (χ4v) is 12.4. The van der Waals surface area contributed by atoms with Crippen molar-refractivity contribution in [2.45, 2.75) is 5.41 Å². The number of anilines is 6. The monoisotopic (exact) mass is 945 g/mol. The number of fused-ring (bicyclic) bond motifs is 14. The van der Waals surface area contributed by atoms with Crippen LogP contribution >= 0.6 is 0 Å². The minimum atomic E-state index is -0.570. The van der Waals surface area contributed by atoms with Crippen molar-refractivity contribution >= 4 is 66.7 Å². The van der Waals surface area contributed by atoms with Crippen LogP contribution in [0.5, 0.6) is 0 Å². The van der Waals surface area contributed by atoms with Gasteiger partial charge in [0.15, 0.2) is 0 Å². The Balaban J connectivity index is 0.977. The van der Waals surface area contributed by atoms with Crippen molar-refractivity contribution in [2.75, 3.05) is 9.80 Å². The fourth-order valence-electron chi connectivity index (χ4n) is 12.4. The molecule has 0 fully saturated rings. The Bertz CT molecular complexity index is 4440. The molecule has 346 valence electrons. The molecule has 12 aromatic carbocycles. The summed E-state index contributed by atoms with van der Waals surface area (Å²) in [6, 6.07) is 90.7. The molecule has 1 heterocycles. The molecule has 0 radical (unpaired) electrons. The minimum Gasteiger partial charge on any atom is -0.311 e. The molecule has 0 amide bonds. The van der Waals surface area contributed by atoms with Gasteiger partial charge in [0.2, 0.25) is 0 Å². The van der Waals surface area contributed by atoms with Gasteiger partial charge in [-0.15, -0.1) is 0 Å². The topological polar surface area (TPSA) is 11.4 Å². The summed E-state index contributed by atoms with van der Waals surface area (Å²) >= 11 is 0. The van der Waals surface area contributed by atoms with E-state index in [9.17, 15) is 5.48 Å². The lowest BCUT2D eigenvalue weighted by Gasteiger charge is -2.32. The van der Waals surface area contributed by atoms with Crippen molar-refractivity contribution in [3.05, 3.63) is 307 Å². The molecule has 0 atom stereocenters. The molecule has 1 spiro atoms. The van der Waals surface area contributed by atoms with E-state index < -0.39 is 5.41 Å². The zero-order valence-electron chi connectivity index (χ0n) is 44.2. The SMILES string of the molecule is [2H]c1c([2H])c(N(c2ccccc2)c2ccccc2)c([2H])c([2H])c1-c1cccc2c(N(c3ccc4c(c3)C3(c5ccccc5-c5ccccc53)c3ccccc3-4)c3ccc4c(c3)c3ccccc3n4-c3ccccc3)cccc12. The van der Waals surface area contributed by atoms with Gasteiger partial charge >= 0.3 is 0 Å². The van der Waals surface area contributed by atoms with E-state index in [0.29, 0.717) is 5.56 Å². The van der Waals surface area contributed by atoms with Gasteiger partial charge in [-0.25, -0.2) is 0 Å². The summed E-state index contributed by atoms with van der Waals surface area (Å²) in [4.78, 5) is 4.19. The highest BCUT2D eigenvalue weighted by Crippen LogP contribution is 2.63. The molecular formula is C71H47N3. The molecule has 3 heteroatoms. The van der Waals surface area contributed by atoms with E-state index >= 15 is 0 Å². The largest absolute Gasteiger partial charge is 0.311 e. The van der Waals surface area contributed by atoms with Crippen LogP contribution in [0.25, 0.3) is 71.6 Å². The molecular weight excluding hydrogens is 895 g/mol. The van der Waals surface area contributed by atoms with E-state index in [2.05, 4.69) is 191 Å². The van der Waals surface area contributed by atoms with E-state index in [4.69, 9.17) is 0 Å². The molecule has 2 aliphatic rings. The van der Waals surface area contributed by atoms with Crippen molar-refractivity contribution in [1.82, 2.24) is 4.57 Å². The van der Waals surface area contributed by atoms with Crippen LogP contribution in [0.2, 0.25) is 0 Å². The van der Waals surface area contributed by atoms with Crippen molar-refractivity contribution in [3.8, 4) is 39.1 Å². The van der Waals surface area contributed by atoms with Gasteiger partial charge in [0.1, 0.15) is 0 Å². The van der Waals surface area contributed by atoms with Crippen LogP contribution in [-0.4, -0.2) is 4.57 Å². The fraction of sp³-hybridized carbons (Fsp3) is 0.0141. The molecule has 3 nitrogen and oxygen atoms in total. The number of para-hydroxylation sites is 4. The first-order chi connectivity index (χ1) is 38.4. The number of rotatable bonds is 8. The predicted octanol–water partition coefficient (Wildman–Crippen LogP) is 18.9. The Morgan fingerprint density at radius 1 is 0.297 bits per heavy atom. The first-order valence-electron chi connectivity index (χ1n) is 27.3. The second kappa shape index (κ2) is 16.7. The average Bonchev–Trinajstić information content (AvgIpc) is 3.61. The molecule has 1 aromatic heterocycles. The summed E-state index contributed by atoms with van der Waals surface area (Å²) in [5.74, 6) is 0. The summed E-state index contributed by atoms with van der Waals surface area (Å²) in [5.41, 5.74) is 18.0. The predicted molar refractivity (Wildman–Crippen MR) is 309 cm³/mol. The Kier molecular flexibility index (Phi) is 8.58. The molecule has 0 bridgehead atoms. The van der Waals surface area contributed by atoms with Crippen molar-refractivity contribution in [3.63, 3.8) is 0 Å². The summed E-state index contributed by atoms with van der Waals surface area (Å²) < 4.78 is 41.3. The standard InChI is InChI=1S/C71H47N3/c1-4-20-49(21-5-1)72(50-22-6-2-7-23-50)52-40-38-48(39-41-52)55-30-18-32-61-56(55)31-19-37-68(61)73(53-43-45-70-63(46-53)62-29-13-17-36-69(62)74(70)51-24-8-3-9-25-51)54-42-44-60-59-28-12-16-35-66(59)71(67(60)47-54)64-33-14-10-26-57(64)58-27-11-15-34-65(58)71/h1-47H/i38D,39D,40D,41D. The molecule has 13 aromatic rings. The van der Waals surface area contributed by atoms with Crippen LogP contribution in [0.3, 0.4) is 0 Å². The van der Waals surface area contributed by atoms with Gasteiger partial charge in [-0.3, -0.25) is 0 Å². The maximum absolute atomic E-state index is 9.80. The van der Waals surface area contributed by atoms with E-state index in [1.165, 1.54) is 44.5 Å². The highest BCUT2D eigenvalue weighted by atomic mass is 15.1. The van der Waals surface area contributed by atoms with Crippen LogP contribution in [0.4, 0.5) is 34.1 Å². The second-order valence-corrected chi connectivity index (χ2v) is 19.2. The Morgan fingerprint density at radius 2 is 0.784 bits per heavy atom. The Labute approximate surface area is 436 Å². The summed E-state index contributed by atoms with van der Waals surface area (Å²) in [7, 11) is 0. The first kappa shape index (κ1) is 38.0. The van der Waals surface area contributed by atoms with E-state index in [-0.39, 0.29) is 35.4 Å². The van der Waals surface area contributed by atoms with Gasteiger partial charge < -0.3 is 14.4 Å². The number of benzene rings is 12. The zero-order valence-corrected chi connectivity index (χ0v) is 40.2.